The molecule has 0 unspecified atom stereocenters. The molecule has 2 nitrogen and oxygen atoms in total. The molecule has 0 saturated carbocycles. The fourth-order valence-electron chi connectivity index (χ4n) is 1.54. The van der Waals surface area contributed by atoms with Crippen molar-refractivity contribution in [3.8, 4) is 5.75 Å². The van der Waals surface area contributed by atoms with Gasteiger partial charge in [0, 0.05) is 11.6 Å². The van der Waals surface area contributed by atoms with Crippen LogP contribution in [0.15, 0.2) is 24.3 Å². The standard InChI is InChI=1S/C12H19NO/c1-3-7-11(13)10-8-5-6-9-12(10)14-4-2/h5-6,8-9,11H,3-4,7,13H2,1-2H3/t11-/m1/s1. The molecule has 1 aromatic rings. The van der Waals surface area contributed by atoms with Gasteiger partial charge in [-0.05, 0) is 19.4 Å². The van der Waals surface area contributed by atoms with Crippen molar-refractivity contribution in [2.24, 2.45) is 5.73 Å². The number of rotatable bonds is 5. The number of para-hydroxylation sites is 1. The minimum absolute atomic E-state index is 0.0998. The van der Waals surface area contributed by atoms with Gasteiger partial charge in [0.2, 0.25) is 0 Å². The molecule has 0 aliphatic rings. The monoisotopic (exact) mass is 193 g/mol. The molecule has 78 valence electrons. The molecule has 0 aliphatic heterocycles. The maximum Gasteiger partial charge on any atom is 0.124 e. The van der Waals surface area contributed by atoms with E-state index >= 15 is 0 Å². The number of hydrogen-bond donors (Lipinski definition) is 1. The molecule has 0 radical (unpaired) electrons. The number of hydrogen-bond acceptors (Lipinski definition) is 2. The first-order valence-electron chi connectivity index (χ1n) is 5.26. The van der Waals surface area contributed by atoms with E-state index in [1.807, 2.05) is 31.2 Å². The van der Waals surface area contributed by atoms with E-state index in [1.165, 1.54) is 0 Å². The molecular formula is C12H19NO. The zero-order valence-corrected chi connectivity index (χ0v) is 8.99. The minimum Gasteiger partial charge on any atom is -0.494 e. The molecule has 0 spiro atoms. The topological polar surface area (TPSA) is 35.2 Å². The summed E-state index contributed by atoms with van der Waals surface area (Å²) in [5, 5.41) is 0. The number of nitrogens with two attached hydrogens (primary N) is 1. The Hall–Kier alpha value is -1.02. The highest BCUT2D eigenvalue weighted by Crippen LogP contribution is 2.26. The van der Waals surface area contributed by atoms with Crippen LogP contribution >= 0.6 is 0 Å². The smallest absolute Gasteiger partial charge is 0.124 e. The third kappa shape index (κ3) is 2.74. The first-order valence-corrected chi connectivity index (χ1v) is 5.26. The van der Waals surface area contributed by atoms with Crippen LogP contribution in [-0.4, -0.2) is 6.61 Å². The second kappa shape index (κ2) is 5.66. The van der Waals surface area contributed by atoms with Crippen LogP contribution in [0.1, 0.15) is 38.3 Å². The van der Waals surface area contributed by atoms with Crippen LogP contribution in [-0.2, 0) is 0 Å². The molecule has 1 aromatic carbocycles. The Morgan fingerprint density at radius 1 is 1.29 bits per heavy atom. The quantitative estimate of drug-likeness (QED) is 0.780. The van der Waals surface area contributed by atoms with Gasteiger partial charge in [0.1, 0.15) is 5.75 Å². The van der Waals surface area contributed by atoms with Gasteiger partial charge in [-0.15, -0.1) is 0 Å². The maximum atomic E-state index is 6.06. The van der Waals surface area contributed by atoms with Crippen molar-refractivity contribution in [2.45, 2.75) is 32.7 Å². The molecule has 2 N–H and O–H groups in total. The second-order valence-corrected chi connectivity index (χ2v) is 3.37. The average molecular weight is 193 g/mol. The van der Waals surface area contributed by atoms with Crippen LogP contribution in [0.2, 0.25) is 0 Å². The van der Waals surface area contributed by atoms with Gasteiger partial charge in [-0.3, -0.25) is 0 Å². The molecule has 0 amide bonds. The zero-order valence-electron chi connectivity index (χ0n) is 8.99. The van der Waals surface area contributed by atoms with E-state index in [0.29, 0.717) is 6.61 Å². The third-order valence-electron chi connectivity index (χ3n) is 2.22. The predicted octanol–water partition coefficient (Wildman–Crippen LogP) is 2.89. The van der Waals surface area contributed by atoms with E-state index in [2.05, 4.69) is 6.92 Å². The van der Waals surface area contributed by atoms with Gasteiger partial charge in [0.15, 0.2) is 0 Å². The Morgan fingerprint density at radius 2 is 2.00 bits per heavy atom. The summed E-state index contributed by atoms with van der Waals surface area (Å²) < 4.78 is 5.52. The lowest BCUT2D eigenvalue weighted by Crippen LogP contribution is -2.11. The summed E-state index contributed by atoms with van der Waals surface area (Å²) in [6.45, 7) is 4.82. The van der Waals surface area contributed by atoms with Gasteiger partial charge < -0.3 is 10.5 Å². The van der Waals surface area contributed by atoms with E-state index in [1.54, 1.807) is 0 Å². The van der Waals surface area contributed by atoms with Crippen molar-refractivity contribution in [3.63, 3.8) is 0 Å². The van der Waals surface area contributed by atoms with Crippen molar-refractivity contribution in [1.29, 1.82) is 0 Å². The van der Waals surface area contributed by atoms with E-state index < -0.39 is 0 Å². The van der Waals surface area contributed by atoms with Crippen LogP contribution in [0.5, 0.6) is 5.75 Å². The van der Waals surface area contributed by atoms with Crippen molar-refractivity contribution in [2.75, 3.05) is 6.61 Å². The van der Waals surface area contributed by atoms with Crippen LogP contribution < -0.4 is 10.5 Å². The van der Waals surface area contributed by atoms with Crippen LogP contribution in [0, 0.1) is 0 Å². The highest BCUT2D eigenvalue weighted by Gasteiger charge is 2.09. The maximum absolute atomic E-state index is 6.06. The fourth-order valence-corrected chi connectivity index (χ4v) is 1.54. The second-order valence-electron chi connectivity index (χ2n) is 3.37. The van der Waals surface area contributed by atoms with Crippen molar-refractivity contribution >= 4 is 0 Å². The SMILES string of the molecule is CCC[C@@H](N)c1ccccc1OCC. The molecule has 0 aliphatic carbocycles. The Morgan fingerprint density at radius 3 is 2.64 bits per heavy atom. The summed E-state index contributed by atoms with van der Waals surface area (Å²) >= 11 is 0. The molecule has 2 heteroatoms. The molecule has 0 fully saturated rings. The molecule has 14 heavy (non-hydrogen) atoms. The highest BCUT2D eigenvalue weighted by atomic mass is 16.5. The lowest BCUT2D eigenvalue weighted by molar-refractivity contribution is 0.333. The summed E-state index contributed by atoms with van der Waals surface area (Å²) in [7, 11) is 0. The van der Waals surface area contributed by atoms with Gasteiger partial charge in [-0.1, -0.05) is 31.5 Å². The molecule has 0 heterocycles. The highest BCUT2D eigenvalue weighted by molar-refractivity contribution is 5.35. The van der Waals surface area contributed by atoms with E-state index in [0.717, 1.165) is 24.2 Å². The predicted molar refractivity (Wildman–Crippen MR) is 59.4 cm³/mol. The normalized spacial score (nSPS) is 12.5. The lowest BCUT2D eigenvalue weighted by atomic mass is 10.0. The van der Waals surface area contributed by atoms with Gasteiger partial charge >= 0.3 is 0 Å². The third-order valence-corrected chi connectivity index (χ3v) is 2.22. The Labute approximate surface area is 86.1 Å². The summed E-state index contributed by atoms with van der Waals surface area (Å²) in [5.41, 5.74) is 7.18. The summed E-state index contributed by atoms with van der Waals surface area (Å²) in [6, 6.07) is 8.11. The van der Waals surface area contributed by atoms with Gasteiger partial charge in [-0.25, -0.2) is 0 Å². The first kappa shape index (κ1) is 11.1. The van der Waals surface area contributed by atoms with Crippen LogP contribution in [0.3, 0.4) is 0 Å². The van der Waals surface area contributed by atoms with E-state index in [4.69, 9.17) is 10.5 Å². The molecule has 1 atom stereocenters. The van der Waals surface area contributed by atoms with Crippen molar-refractivity contribution in [1.82, 2.24) is 0 Å². The Bertz CT molecular complexity index is 273. The van der Waals surface area contributed by atoms with Gasteiger partial charge in [0.25, 0.3) is 0 Å². The molecular weight excluding hydrogens is 174 g/mol. The van der Waals surface area contributed by atoms with E-state index in [-0.39, 0.29) is 6.04 Å². The summed E-state index contributed by atoms with van der Waals surface area (Å²) in [4.78, 5) is 0. The molecule has 0 saturated heterocycles. The summed E-state index contributed by atoms with van der Waals surface area (Å²) in [5.74, 6) is 0.927. The van der Waals surface area contributed by atoms with Crippen molar-refractivity contribution in [3.05, 3.63) is 29.8 Å². The van der Waals surface area contributed by atoms with Crippen molar-refractivity contribution < 1.29 is 4.74 Å². The number of benzene rings is 1. The van der Waals surface area contributed by atoms with E-state index in [9.17, 15) is 0 Å². The largest absolute Gasteiger partial charge is 0.494 e. The number of ether oxygens (including phenoxy) is 1. The van der Waals surface area contributed by atoms with Gasteiger partial charge in [0.05, 0.1) is 6.61 Å². The van der Waals surface area contributed by atoms with Gasteiger partial charge in [-0.2, -0.15) is 0 Å². The minimum atomic E-state index is 0.0998. The molecule has 0 bridgehead atoms. The summed E-state index contributed by atoms with van der Waals surface area (Å²) in [6.07, 6.45) is 2.10. The zero-order chi connectivity index (χ0) is 10.4. The average Bonchev–Trinajstić information content (AvgIpc) is 2.19. The molecule has 0 aromatic heterocycles. The first-order chi connectivity index (χ1) is 6.79. The molecule has 1 rings (SSSR count). The fraction of sp³-hybridized carbons (Fsp3) is 0.500. The Balaban J connectivity index is 2.82. The van der Waals surface area contributed by atoms with Crippen LogP contribution in [0.4, 0.5) is 0 Å². The van der Waals surface area contributed by atoms with Crippen LogP contribution in [0.25, 0.3) is 0 Å². The lowest BCUT2D eigenvalue weighted by Gasteiger charge is -2.15. The Kier molecular flexibility index (Phi) is 4.47.